The van der Waals surface area contributed by atoms with Crippen molar-refractivity contribution in [3.05, 3.63) is 29.8 Å². The lowest BCUT2D eigenvalue weighted by molar-refractivity contribution is 0.565. The number of hydrogen-bond donors (Lipinski definition) is 1. The average Bonchev–Trinajstić information content (AvgIpc) is 2.28. The molecule has 0 bridgehead atoms. The highest BCUT2D eigenvalue weighted by Gasteiger charge is 2.19. The van der Waals surface area contributed by atoms with Gasteiger partial charge >= 0.3 is 0 Å². The molecule has 1 heterocycles. The van der Waals surface area contributed by atoms with Crippen LogP contribution in [-0.4, -0.2) is 19.1 Å². The molecule has 0 spiro atoms. The molecule has 1 aromatic rings. The predicted molar refractivity (Wildman–Crippen MR) is 65.2 cm³/mol. The molecule has 1 aliphatic heterocycles. The van der Waals surface area contributed by atoms with Crippen molar-refractivity contribution in [3.63, 3.8) is 0 Å². The minimum absolute atomic E-state index is 0.566. The lowest BCUT2D eigenvalue weighted by atomic mass is 9.99. The fraction of sp³-hybridized carbons (Fsp3) is 0.538. The zero-order chi connectivity index (χ0) is 10.7. The summed E-state index contributed by atoms with van der Waals surface area (Å²) in [7, 11) is 0. The number of para-hydroxylation sites is 1. The standard InChI is InChI=1S/C13H20N2/c1-11(8-9-14)15-10-4-6-12-5-2-3-7-13(12)15/h2-3,5,7,11H,4,6,8-10,14H2,1H3. The maximum Gasteiger partial charge on any atom is 0.0401 e. The van der Waals surface area contributed by atoms with Gasteiger partial charge < -0.3 is 10.6 Å². The number of anilines is 1. The van der Waals surface area contributed by atoms with Gasteiger partial charge in [0, 0.05) is 18.3 Å². The summed E-state index contributed by atoms with van der Waals surface area (Å²) >= 11 is 0. The second-order valence-corrected chi connectivity index (χ2v) is 4.35. The molecule has 0 saturated carbocycles. The van der Waals surface area contributed by atoms with E-state index < -0.39 is 0 Å². The molecule has 1 atom stereocenters. The summed E-state index contributed by atoms with van der Waals surface area (Å²) in [5.74, 6) is 0. The van der Waals surface area contributed by atoms with Crippen LogP contribution in [0.15, 0.2) is 24.3 Å². The highest BCUT2D eigenvalue weighted by Crippen LogP contribution is 2.28. The van der Waals surface area contributed by atoms with Gasteiger partial charge in [-0.25, -0.2) is 0 Å². The normalized spacial score (nSPS) is 17.3. The van der Waals surface area contributed by atoms with Gasteiger partial charge in [0.15, 0.2) is 0 Å². The highest BCUT2D eigenvalue weighted by atomic mass is 15.2. The van der Waals surface area contributed by atoms with Crippen molar-refractivity contribution in [1.82, 2.24) is 0 Å². The number of nitrogens with zero attached hydrogens (tertiary/aromatic N) is 1. The Balaban J connectivity index is 2.21. The van der Waals surface area contributed by atoms with Gasteiger partial charge in [0.05, 0.1) is 0 Å². The van der Waals surface area contributed by atoms with Crippen LogP contribution in [0, 0.1) is 0 Å². The Hall–Kier alpha value is -1.02. The number of aryl methyl sites for hydroxylation is 1. The Morgan fingerprint density at radius 2 is 2.20 bits per heavy atom. The third kappa shape index (κ3) is 2.15. The van der Waals surface area contributed by atoms with E-state index in [0.29, 0.717) is 6.04 Å². The van der Waals surface area contributed by atoms with Gasteiger partial charge in [-0.15, -0.1) is 0 Å². The summed E-state index contributed by atoms with van der Waals surface area (Å²) in [4.78, 5) is 2.51. The van der Waals surface area contributed by atoms with E-state index in [1.54, 1.807) is 0 Å². The molecule has 2 N–H and O–H groups in total. The van der Waals surface area contributed by atoms with Gasteiger partial charge in [-0.2, -0.15) is 0 Å². The first-order valence-electron chi connectivity index (χ1n) is 5.87. The topological polar surface area (TPSA) is 29.3 Å². The molecule has 1 aliphatic rings. The highest BCUT2D eigenvalue weighted by molar-refractivity contribution is 5.56. The first kappa shape index (κ1) is 10.5. The van der Waals surface area contributed by atoms with E-state index in [1.165, 1.54) is 30.6 Å². The number of hydrogen-bond acceptors (Lipinski definition) is 2. The smallest absolute Gasteiger partial charge is 0.0401 e. The van der Waals surface area contributed by atoms with E-state index >= 15 is 0 Å². The second kappa shape index (κ2) is 4.67. The van der Waals surface area contributed by atoms with Gasteiger partial charge in [0.25, 0.3) is 0 Å². The monoisotopic (exact) mass is 204 g/mol. The molecule has 82 valence electrons. The Labute approximate surface area is 92.1 Å². The Morgan fingerprint density at radius 3 is 3.00 bits per heavy atom. The average molecular weight is 204 g/mol. The number of benzene rings is 1. The molecule has 2 rings (SSSR count). The Bertz CT molecular complexity index is 322. The summed E-state index contributed by atoms with van der Waals surface area (Å²) < 4.78 is 0. The van der Waals surface area contributed by atoms with Crippen molar-refractivity contribution < 1.29 is 0 Å². The van der Waals surface area contributed by atoms with Gasteiger partial charge in [-0.3, -0.25) is 0 Å². The fourth-order valence-electron chi connectivity index (χ4n) is 2.42. The lowest BCUT2D eigenvalue weighted by Crippen LogP contribution is -2.38. The molecule has 1 aromatic carbocycles. The predicted octanol–water partition coefficient (Wildman–Crippen LogP) is 2.18. The van der Waals surface area contributed by atoms with Crippen LogP contribution in [0.1, 0.15) is 25.3 Å². The molecule has 2 heteroatoms. The molecular weight excluding hydrogens is 184 g/mol. The van der Waals surface area contributed by atoms with E-state index in [0.717, 1.165) is 13.0 Å². The molecular formula is C13H20N2. The summed E-state index contributed by atoms with van der Waals surface area (Å²) in [5, 5.41) is 0. The van der Waals surface area contributed by atoms with Crippen molar-refractivity contribution >= 4 is 5.69 Å². The van der Waals surface area contributed by atoms with Gasteiger partial charge in [-0.05, 0) is 44.4 Å². The van der Waals surface area contributed by atoms with Crippen LogP contribution in [0.4, 0.5) is 5.69 Å². The third-order valence-electron chi connectivity index (χ3n) is 3.26. The number of nitrogens with two attached hydrogens (primary N) is 1. The summed E-state index contributed by atoms with van der Waals surface area (Å²) in [6.07, 6.45) is 3.57. The number of rotatable bonds is 3. The van der Waals surface area contributed by atoms with E-state index in [4.69, 9.17) is 5.73 Å². The molecule has 0 fully saturated rings. The summed E-state index contributed by atoms with van der Waals surface area (Å²) in [5.41, 5.74) is 8.54. The summed E-state index contributed by atoms with van der Waals surface area (Å²) in [6, 6.07) is 9.32. The second-order valence-electron chi connectivity index (χ2n) is 4.35. The van der Waals surface area contributed by atoms with Gasteiger partial charge in [-0.1, -0.05) is 18.2 Å². The van der Waals surface area contributed by atoms with Gasteiger partial charge in [0.2, 0.25) is 0 Å². The Kier molecular flexibility index (Phi) is 3.27. The van der Waals surface area contributed by atoms with Crippen LogP contribution < -0.4 is 10.6 Å². The van der Waals surface area contributed by atoms with Crippen LogP contribution in [0.2, 0.25) is 0 Å². The lowest BCUT2D eigenvalue weighted by Gasteiger charge is -2.36. The minimum atomic E-state index is 0.566. The van der Waals surface area contributed by atoms with E-state index in [9.17, 15) is 0 Å². The fourth-order valence-corrected chi connectivity index (χ4v) is 2.42. The molecule has 0 saturated heterocycles. The van der Waals surface area contributed by atoms with Crippen molar-refractivity contribution in [2.75, 3.05) is 18.0 Å². The van der Waals surface area contributed by atoms with E-state index in [1.807, 2.05) is 0 Å². The van der Waals surface area contributed by atoms with Crippen molar-refractivity contribution in [2.24, 2.45) is 5.73 Å². The minimum Gasteiger partial charge on any atom is -0.369 e. The van der Waals surface area contributed by atoms with Crippen LogP contribution in [0.3, 0.4) is 0 Å². The SMILES string of the molecule is CC(CCN)N1CCCc2ccccc21. The first-order valence-corrected chi connectivity index (χ1v) is 5.87. The van der Waals surface area contributed by atoms with Crippen LogP contribution in [0.5, 0.6) is 0 Å². The number of fused-ring (bicyclic) bond motifs is 1. The summed E-state index contributed by atoms with van der Waals surface area (Å²) in [6.45, 7) is 4.23. The molecule has 15 heavy (non-hydrogen) atoms. The third-order valence-corrected chi connectivity index (χ3v) is 3.26. The van der Waals surface area contributed by atoms with Gasteiger partial charge in [0.1, 0.15) is 0 Å². The van der Waals surface area contributed by atoms with Crippen LogP contribution in [0.25, 0.3) is 0 Å². The zero-order valence-electron chi connectivity index (χ0n) is 9.45. The molecule has 0 amide bonds. The van der Waals surface area contributed by atoms with Crippen LogP contribution in [-0.2, 0) is 6.42 Å². The zero-order valence-corrected chi connectivity index (χ0v) is 9.45. The molecule has 2 nitrogen and oxygen atoms in total. The molecule has 0 aromatic heterocycles. The van der Waals surface area contributed by atoms with Crippen molar-refractivity contribution in [1.29, 1.82) is 0 Å². The van der Waals surface area contributed by atoms with Crippen molar-refractivity contribution in [2.45, 2.75) is 32.2 Å². The van der Waals surface area contributed by atoms with E-state index in [-0.39, 0.29) is 0 Å². The van der Waals surface area contributed by atoms with Crippen LogP contribution >= 0.6 is 0 Å². The quantitative estimate of drug-likeness (QED) is 0.817. The molecule has 1 unspecified atom stereocenters. The first-order chi connectivity index (χ1) is 7.33. The van der Waals surface area contributed by atoms with E-state index in [2.05, 4.69) is 36.1 Å². The maximum absolute atomic E-state index is 5.63. The Morgan fingerprint density at radius 1 is 1.40 bits per heavy atom. The maximum atomic E-state index is 5.63. The largest absolute Gasteiger partial charge is 0.369 e. The molecule has 0 aliphatic carbocycles. The van der Waals surface area contributed by atoms with Crippen molar-refractivity contribution in [3.8, 4) is 0 Å². The molecule has 0 radical (unpaired) electrons.